The monoisotopic (exact) mass is 179 g/mol. The molecule has 1 aromatic heterocycles. The van der Waals surface area contributed by atoms with Crippen molar-refractivity contribution in [2.24, 2.45) is 5.16 Å². The second-order valence-electron chi connectivity index (χ2n) is 3.25. The largest absolute Gasteiger partial charge is 0.392 e. The second-order valence-corrected chi connectivity index (χ2v) is 3.25. The van der Waals surface area contributed by atoms with Crippen molar-refractivity contribution in [1.29, 1.82) is 0 Å². The van der Waals surface area contributed by atoms with Gasteiger partial charge in [-0.2, -0.15) is 0 Å². The first-order valence-electron chi connectivity index (χ1n) is 4.63. The van der Waals surface area contributed by atoms with Crippen molar-refractivity contribution in [2.45, 2.75) is 31.8 Å². The molecule has 1 N–H and O–H groups in total. The molecule has 0 radical (unpaired) electrons. The van der Waals surface area contributed by atoms with Gasteiger partial charge < -0.3 is 9.82 Å². The minimum atomic E-state index is 0.333. The molecular weight excluding hydrogens is 166 g/mol. The summed E-state index contributed by atoms with van der Waals surface area (Å²) in [6.45, 7) is 0. The highest BCUT2D eigenvalue weighted by atomic mass is 16.6. The zero-order valence-corrected chi connectivity index (χ0v) is 7.44. The highest BCUT2D eigenvalue weighted by molar-refractivity contribution is 5.75. The number of H-pyrrole nitrogens is 1. The van der Waals surface area contributed by atoms with Crippen LogP contribution in [0.25, 0.3) is 0 Å². The topological polar surface area (TPSA) is 50.3 Å². The molecule has 0 aliphatic heterocycles. The molecule has 0 spiro atoms. The third-order valence-corrected chi connectivity index (χ3v) is 2.22. The van der Waals surface area contributed by atoms with Crippen molar-refractivity contribution in [3.8, 4) is 0 Å². The van der Waals surface area contributed by atoms with Crippen LogP contribution in [0.5, 0.6) is 0 Å². The Kier molecular flexibility index (Phi) is 2.59. The van der Waals surface area contributed by atoms with Gasteiger partial charge in [0.15, 0.2) is 0 Å². The normalized spacial score (nSPS) is 18.5. The van der Waals surface area contributed by atoms with Crippen LogP contribution in [0.3, 0.4) is 0 Å². The SMILES string of the molecule is C(=N\OC1CCCC1)/c1cnc[nH]1. The van der Waals surface area contributed by atoms with E-state index in [0.29, 0.717) is 6.10 Å². The Balaban J connectivity index is 1.78. The van der Waals surface area contributed by atoms with Crippen molar-refractivity contribution in [1.82, 2.24) is 9.97 Å². The first kappa shape index (κ1) is 8.29. The molecule has 1 aliphatic rings. The van der Waals surface area contributed by atoms with Crippen LogP contribution in [0.4, 0.5) is 0 Å². The Morgan fingerprint density at radius 1 is 1.54 bits per heavy atom. The van der Waals surface area contributed by atoms with Crippen LogP contribution in [0, 0.1) is 0 Å². The number of oxime groups is 1. The summed E-state index contributed by atoms with van der Waals surface area (Å²) in [6, 6.07) is 0. The van der Waals surface area contributed by atoms with Crippen LogP contribution >= 0.6 is 0 Å². The lowest BCUT2D eigenvalue weighted by Gasteiger charge is -2.04. The van der Waals surface area contributed by atoms with Crippen molar-refractivity contribution >= 4 is 6.21 Å². The molecule has 2 rings (SSSR count). The molecule has 4 nitrogen and oxygen atoms in total. The van der Waals surface area contributed by atoms with Crippen molar-refractivity contribution in [3.63, 3.8) is 0 Å². The summed E-state index contributed by atoms with van der Waals surface area (Å²) in [5.41, 5.74) is 0.873. The van der Waals surface area contributed by atoms with Crippen LogP contribution in [-0.4, -0.2) is 22.3 Å². The number of hydrogen-bond donors (Lipinski definition) is 1. The highest BCUT2D eigenvalue weighted by Crippen LogP contribution is 2.20. The minimum absolute atomic E-state index is 0.333. The highest BCUT2D eigenvalue weighted by Gasteiger charge is 2.15. The summed E-state index contributed by atoms with van der Waals surface area (Å²) in [7, 11) is 0. The molecule has 1 saturated carbocycles. The molecule has 1 fully saturated rings. The van der Waals surface area contributed by atoms with Gasteiger partial charge in [-0.15, -0.1) is 0 Å². The van der Waals surface area contributed by atoms with Crippen LogP contribution in [0.1, 0.15) is 31.4 Å². The predicted octanol–water partition coefficient (Wildman–Crippen LogP) is 1.70. The summed E-state index contributed by atoms with van der Waals surface area (Å²) in [4.78, 5) is 12.1. The standard InChI is InChI=1S/C9H13N3O/c1-2-4-9(3-1)13-12-6-8-5-10-7-11-8/h5-7,9H,1-4H2,(H,10,11)/b12-6+. The van der Waals surface area contributed by atoms with Crippen LogP contribution in [0.2, 0.25) is 0 Å². The van der Waals surface area contributed by atoms with Gasteiger partial charge in [0.2, 0.25) is 0 Å². The van der Waals surface area contributed by atoms with Gasteiger partial charge in [0.1, 0.15) is 6.10 Å². The first-order valence-corrected chi connectivity index (χ1v) is 4.63. The molecule has 1 heterocycles. The molecule has 1 aliphatic carbocycles. The van der Waals surface area contributed by atoms with E-state index in [4.69, 9.17) is 4.84 Å². The van der Waals surface area contributed by atoms with E-state index in [9.17, 15) is 0 Å². The second kappa shape index (κ2) is 4.07. The van der Waals surface area contributed by atoms with Crippen LogP contribution in [-0.2, 0) is 4.84 Å². The van der Waals surface area contributed by atoms with Gasteiger partial charge in [0.25, 0.3) is 0 Å². The lowest BCUT2D eigenvalue weighted by molar-refractivity contribution is 0.0657. The van der Waals surface area contributed by atoms with E-state index in [1.165, 1.54) is 12.8 Å². The zero-order chi connectivity index (χ0) is 8.93. The van der Waals surface area contributed by atoms with Crippen molar-refractivity contribution in [2.75, 3.05) is 0 Å². The number of rotatable bonds is 3. The number of imidazole rings is 1. The molecule has 0 unspecified atom stereocenters. The van der Waals surface area contributed by atoms with E-state index < -0.39 is 0 Å². The van der Waals surface area contributed by atoms with Gasteiger partial charge in [0, 0.05) is 0 Å². The Morgan fingerprint density at radius 2 is 2.38 bits per heavy atom. The van der Waals surface area contributed by atoms with Gasteiger partial charge in [-0.3, -0.25) is 0 Å². The third-order valence-electron chi connectivity index (χ3n) is 2.22. The maximum absolute atomic E-state index is 5.30. The number of hydrogen-bond acceptors (Lipinski definition) is 3. The molecule has 0 atom stereocenters. The number of aromatic nitrogens is 2. The van der Waals surface area contributed by atoms with Gasteiger partial charge in [0.05, 0.1) is 24.4 Å². The van der Waals surface area contributed by atoms with Crippen molar-refractivity contribution in [3.05, 3.63) is 18.2 Å². The van der Waals surface area contributed by atoms with E-state index >= 15 is 0 Å². The molecule has 13 heavy (non-hydrogen) atoms. The Morgan fingerprint density at radius 3 is 3.08 bits per heavy atom. The Labute approximate surface area is 77.0 Å². The third kappa shape index (κ3) is 2.31. The maximum Gasteiger partial charge on any atom is 0.127 e. The van der Waals surface area contributed by atoms with Crippen LogP contribution < -0.4 is 0 Å². The van der Waals surface area contributed by atoms with E-state index in [-0.39, 0.29) is 0 Å². The quantitative estimate of drug-likeness (QED) is 0.567. The Bertz CT molecular complexity index is 262. The molecule has 0 bridgehead atoms. The number of nitrogens with one attached hydrogen (secondary N) is 1. The summed E-state index contributed by atoms with van der Waals surface area (Å²) >= 11 is 0. The fraction of sp³-hybridized carbons (Fsp3) is 0.556. The summed E-state index contributed by atoms with van der Waals surface area (Å²) in [6.07, 6.45) is 10.1. The fourth-order valence-electron chi connectivity index (χ4n) is 1.50. The first-order chi connectivity index (χ1) is 6.45. The van der Waals surface area contributed by atoms with Gasteiger partial charge >= 0.3 is 0 Å². The van der Waals surface area contributed by atoms with Gasteiger partial charge in [-0.25, -0.2) is 4.98 Å². The number of aromatic amines is 1. The van der Waals surface area contributed by atoms with E-state index in [2.05, 4.69) is 15.1 Å². The lowest BCUT2D eigenvalue weighted by atomic mass is 10.3. The summed E-state index contributed by atoms with van der Waals surface area (Å²) < 4.78 is 0. The van der Waals surface area contributed by atoms with Crippen molar-refractivity contribution < 1.29 is 4.84 Å². The van der Waals surface area contributed by atoms with Crippen LogP contribution in [0.15, 0.2) is 17.7 Å². The molecular formula is C9H13N3O. The molecule has 70 valence electrons. The average Bonchev–Trinajstić information content (AvgIpc) is 2.75. The smallest absolute Gasteiger partial charge is 0.127 e. The molecule has 0 saturated heterocycles. The zero-order valence-electron chi connectivity index (χ0n) is 7.44. The molecule has 1 aromatic rings. The Hall–Kier alpha value is -1.32. The number of nitrogens with zero attached hydrogens (tertiary/aromatic N) is 2. The minimum Gasteiger partial charge on any atom is -0.392 e. The fourth-order valence-corrected chi connectivity index (χ4v) is 1.50. The van der Waals surface area contributed by atoms with E-state index in [1.54, 1.807) is 18.7 Å². The molecule has 0 aromatic carbocycles. The maximum atomic E-state index is 5.30. The van der Waals surface area contributed by atoms with E-state index in [0.717, 1.165) is 18.5 Å². The summed E-state index contributed by atoms with van der Waals surface area (Å²) in [5.74, 6) is 0. The van der Waals surface area contributed by atoms with Gasteiger partial charge in [-0.1, -0.05) is 5.16 Å². The molecule has 0 amide bonds. The summed E-state index contributed by atoms with van der Waals surface area (Å²) in [5, 5.41) is 3.90. The molecule has 4 heteroatoms. The van der Waals surface area contributed by atoms with E-state index in [1.807, 2.05) is 0 Å². The average molecular weight is 179 g/mol. The lowest BCUT2D eigenvalue weighted by Crippen LogP contribution is -2.02. The predicted molar refractivity (Wildman–Crippen MR) is 49.5 cm³/mol. The van der Waals surface area contributed by atoms with Gasteiger partial charge in [-0.05, 0) is 25.7 Å².